The van der Waals surface area contributed by atoms with Gasteiger partial charge >= 0.3 is 0 Å². The van der Waals surface area contributed by atoms with Crippen LogP contribution in [-0.4, -0.2) is 18.8 Å². The van der Waals surface area contributed by atoms with Gasteiger partial charge in [-0.2, -0.15) is 5.26 Å². The summed E-state index contributed by atoms with van der Waals surface area (Å²) < 4.78 is 5.11. The van der Waals surface area contributed by atoms with Crippen LogP contribution in [0.3, 0.4) is 0 Å². The van der Waals surface area contributed by atoms with Crippen molar-refractivity contribution in [3.63, 3.8) is 0 Å². The van der Waals surface area contributed by atoms with Crippen LogP contribution in [0, 0.1) is 11.3 Å². The van der Waals surface area contributed by atoms with E-state index in [2.05, 4.69) is 6.07 Å². The maximum atomic E-state index is 9.23. The van der Waals surface area contributed by atoms with Gasteiger partial charge in [-0.3, -0.25) is 0 Å². The van der Waals surface area contributed by atoms with Crippen LogP contribution >= 0.6 is 0 Å². The van der Waals surface area contributed by atoms with E-state index in [9.17, 15) is 5.11 Å². The highest BCUT2D eigenvalue weighted by molar-refractivity contribution is 5.46. The molecule has 1 N–H and O–H groups in total. The van der Waals surface area contributed by atoms with E-state index in [4.69, 9.17) is 10.00 Å². The van der Waals surface area contributed by atoms with Crippen LogP contribution in [0.4, 0.5) is 0 Å². The summed E-state index contributed by atoms with van der Waals surface area (Å²) in [5.41, 5.74) is 1.15. The molecule has 0 saturated carbocycles. The lowest BCUT2D eigenvalue weighted by Crippen LogP contribution is -2.22. The fraction of sp³-hybridized carbons (Fsp3) is 0.417. The average molecular weight is 205 g/mol. The minimum atomic E-state index is -0.318. The number of hydrogen-bond donors (Lipinski definition) is 1. The average Bonchev–Trinajstić information content (AvgIpc) is 2.28. The van der Waals surface area contributed by atoms with E-state index < -0.39 is 0 Å². The van der Waals surface area contributed by atoms with E-state index in [-0.39, 0.29) is 12.0 Å². The van der Waals surface area contributed by atoms with Crippen molar-refractivity contribution < 1.29 is 9.84 Å². The van der Waals surface area contributed by atoms with E-state index in [1.54, 1.807) is 12.1 Å². The van der Waals surface area contributed by atoms with Crippen LogP contribution in [0.5, 0.6) is 5.75 Å². The van der Waals surface area contributed by atoms with Gasteiger partial charge in [0.15, 0.2) is 0 Å². The summed E-state index contributed by atoms with van der Waals surface area (Å²) >= 11 is 0. The normalized spacial score (nSPS) is 10.9. The number of methoxy groups -OCH3 is 1. The van der Waals surface area contributed by atoms with Crippen molar-refractivity contribution in [1.82, 2.24) is 0 Å². The number of ether oxygens (including phenoxy) is 1. The Hall–Kier alpha value is -1.53. The van der Waals surface area contributed by atoms with E-state index in [0.29, 0.717) is 11.3 Å². The molecule has 0 amide bonds. The van der Waals surface area contributed by atoms with E-state index in [1.165, 1.54) is 7.11 Å². The maximum absolute atomic E-state index is 9.23. The van der Waals surface area contributed by atoms with E-state index >= 15 is 0 Å². The minimum Gasteiger partial charge on any atom is -0.495 e. The summed E-state index contributed by atoms with van der Waals surface area (Å²) in [6.45, 7) is 3.93. The molecular weight excluding hydrogens is 190 g/mol. The Morgan fingerprint density at radius 1 is 1.47 bits per heavy atom. The van der Waals surface area contributed by atoms with Gasteiger partial charge < -0.3 is 9.84 Å². The molecule has 0 unspecified atom stereocenters. The fourth-order valence-corrected chi connectivity index (χ4v) is 1.30. The molecule has 0 heterocycles. The SMILES string of the molecule is COc1cc(C(C)(C)CO)ccc1C#N. The number of hydrogen-bond acceptors (Lipinski definition) is 3. The van der Waals surface area contributed by atoms with Crippen molar-refractivity contribution in [1.29, 1.82) is 5.26 Å². The molecule has 0 spiro atoms. The van der Waals surface area contributed by atoms with Crippen molar-refractivity contribution in [2.75, 3.05) is 13.7 Å². The Morgan fingerprint density at radius 3 is 2.60 bits per heavy atom. The summed E-state index contributed by atoms with van der Waals surface area (Å²) in [6.07, 6.45) is 0. The van der Waals surface area contributed by atoms with Gasteiger partial charge in [0.2, 0.25) is 0 Å². The number of benzene rings is 1. The van der Waals surface area contributed by atoms with Gasteiger partial charge in [-0.05, 0) is 17.7 Å². The highest BCUT2D eigenvalue weighted by Gasteiger charge is 2.20. The number of nitrogens with zero attached hydrogens (tertiary/aromatic N) is 1. The molecule has 0 radical (unpaired) electrons. The first-order chi connectivity index (χ1) is 7.05. The molecule has 3 nitrogen and oxygen atoms in total. The molecule has 1 aromatic rings. The van der Waals surface area contributed by atoms with Crippen LogP contribution in [-0.2, 0) is 5.41 Å². The second-order valence-corrected chi connectivity index (χ2v) is 4.07. The lowest BCUT2D eigenvalue weighted by molar-refractivity contribution is 0.218. The zero-order valence-electron chi connectivity index (χ0n) is 9.24. The maximum Gasteiger partial charge on any atom is 0.136 e. The molecule has 15 heavy (non-hydrogen) atoms. The molecule has 1 aromatic carbocycles. The predicted molar refractivity (Wildman–Crippen MR) is 57.8 cm³/mol. The van der Waals surface area contributed by atoms with Gasteiger partial charge in [0, 0.05) is 5.41 Å². The third-order valence-corrected chi connectivity index (χ3v) is 2.50. The van der Waals surface area contributed by atoms with Crippen molar-refractivity contribution in [2.24, 2.45) is 0 Å². The summed E-state index contributed by atoms with van der Waals surface area (Å²) in [5.74, 6) is 0.552. The third kappa shape index (κ3) is 2.28. The van der Waals surface area contributed by atoms with Gasteiger partial charge in [-0.1, -0.05) is 19.9 Å². The van der Waals surface area contributed by atoms with Gasteiger partial charge in [0.1, 0.15) is 11.8 Å². The molecule has 0 bridgehead atoms. The first-order valence-electron chi connectivity index (χ1n) is 4.74. The molecule has 0 aromatic heterocycles. The molecule has 0 aliphatic rings. The molecule has 0 fully saturated rings. The quantitative estimate of drug-likeness (QED) is 0.819. The molecule has 80 valence electrons. The predicted octanol–water partition coefficient (Wildman–Crippen LogP) is 1.84. The van der Waals surface area contributed by atoms with Crippen LogP contribution < -0.4 is 4.74 Å². The second-order valence-electron chi connectivity index (χ2n) is 4.07. The third-order valence-electron chi connectivity index (χ3n) is 2.50. The molecule has 0 atom stereocenters. The van der Waals surface area contributed by atoms with Crippen molar-refractivity contribution in [2.45, 2.75) is 19.3 Å². The zero-order valence-corrected chi connectivity index (χ0v) is 9.24. The highest BCUT2D eigenvalue weighted by Crippen LogP contribution is 2.28. The Morgan fingerprint density at radius 2 is 2.13 bits per heavy atom. The van der Waals surface area contributed by atoms with Crippen molar-refractivity contribution in [3.8, 4) is 11.8 Å². The molecule has 0 saturated heterocycles. The summed E-state index contributed by atoms with van der Waals surface area (Å²) in [6, 6.07) is 7.41. The monoisotopic (exact) mass is 205 g/mol. The van der Waals surface area contributed by atoms with E-state index in [0.717, 1.165) is 5.56 Å². The molecule has 3 heteroatoms. The number of aliphatic hydroxyl groups excluding tert-OH is 1. The highest BCUT2D eigenvalue weighted by atomic mass is 16.5. The summed E-state index contributed by atoms with van der Waals surface area (Å²) in [7, 11) is 1.53. The van der Waals surface area contributed by atoms with Crippen LogP contribution in [0.25, 0.3) is 0 Å². The summed E-state index contributed by atoms with van der Waals surface area (Å²) in [5, 5.41) is 18.1. The molecule has 0 aliphatic heterocycles. The fourth-order valence-electron chi connectivity index (χ4n) is 1.30. The van der Waals surface area contributed by atoms with E-state index in [1.807, 2.05) is 19.9 Å². The lowest BCUT2D eigenvalue weighted by atomic mass is 9.85. The lowest BCUT2D eigenvalue weighted by Gasteiger charge is -2.22. The Kier molecular flexibility index (Phi) is 3.33. The smallest absolute Gasteiger partial charge is 0.136 e. The van der Waals surface area contributed by atoms with Gasteiger partial charge in [-0.25, -0.2) is 0 Å². The molecule has 1 rings (SSSR count). The van der Waals surface area contributed by atoms with Crippen LogP contribution in [0.15, 0.2) is 18.2 Å². The minimum absolute atomic E-state index is 0.0576. The standard InChI is InChI=1S/C12H15NO2/c1-12(2,8-14)10-5-4-9(7-13)11(6-10)15-3/h4-6,14H,8H2,1-3H3. The van der Waals surface area contributed by atoms with Gasteiger partial charge in [-0.15, -0.1) is 0 Å². The van der Waals surface area contributed by atoms with Crippen LogP contribution in [0.2, 0.25) is 0 Å². The van der Waals surface area contributed by atoms with Gasteiger partial charge in [0.05, 0.1) is 19.3 Å². The molecular formula is C12H15NO2. The first kappa shape index (κ1) is 11.5. The Labute approximate surface area is 89.9 Å². The Bertz CT molecular complexity index is 391. The van der Waals surface area contributed by atoms with Gasteiger partial charge in [0.25, 0.3) is 0 Å². The van der Waals surface area contributed by atoms with Crippen molar-refractivity contribution >= 4 is 0 Å². The van der Waals surface area contributed by atoms with Crippen molar-refractivity contribution in [3.05, 3.63) is 29.3 Å². The largest absolute Gasteiger partial charge is 0.495 e. The summed E-state index contributed by atoms with van der Waals surface area (Å²) in [4.78, 5) is 0. The first-order valence-corrected chi connectivity index (χ1v) is 4.74. The topological polar surface area (TPSA) is 53.2 Å². The number of nitriles is 1. The second kappa shape index (κ2) is 4.33. The zero-order chi connectivity index (χ0) is 11.5. The van der Waals surface area contributed by atoms with Crippen LogP contribution in [0.1, 0.15) is 25.0 Å². The molecule has 0 aliphatic carbocycles. The number of aliphatic hydroxyl groups is 1. The Balaban J connectivity index is 3.21. The number of rotatable bonds is 3.